The molecule has 0 amide bonds. The van der Waals surface area contributed by atoms with E-state index in [0.717, 1.165) is 48.1 Å². The summed E-state index contributed by atoms with van der Waals surface area (Å²) in [7, 11) is 0. The SMILES string of the molecule is Cc1ccnc(N2CCN(c3ncc(Cl)cc3Br)CC2)n1. The highest BCUT2D eigenvalue weighted by Crippen LogP contribution is 2.27. The van der Waals surface area contributed by atoms with Crippen molar-refractivity contribution in [2.24, 2.45) is 0 Å². The van der Waals surface area contributed by atoms with Gasteiger partial charge < -0.3 is 9.80 Å². The lowest BCUT2D eigenvalue weighted by molar-refractivity contribution is 0.633. The molecule has 1 aliphatic heterocycles. The first-order valence-electron chi connectivity index (χ1n) is 6.74. The van der Waals surface area contributed by atoms with Gasteiger partial charge in [0, 0.05) is 44.3 Å². The summed E-state index contributed by atoms with van der Waals surface area (Å²) >= 11 is 9.46. The second-order valence-electron chi connectivity index (χ2n) is 4.93. The van der Waals surface area contributed by atoms with Crippen molar-refractivity contribution >= 4 is 39.3 Å². The Balaban J connectivity index is 1.70. The van der Waals surface area contributed by atoms with E-state index in [1.54, 1.807) is 12.4 Å². The Kier molecular flexibility index (Phi) is 4.26. The fourth-order valence-corrected chi connectivity index (χ4v) is 3.24. The third-order valence-electron chi connectivity index (χ3n) is 3.43. The first-order valence-corrected chi connectivity index (χ1v) is 7.91. The fraction of sp³-hybridized carbons (Fsp3) is 0.357. The maximum atomic E-state index is 5.94. The van der Waals surface area contributed by atoms with Gasteiger partial charge >= 0.3 is 0 Å². The molecule has 0 unspecified atom stereocenters. The standard InChI is InChI=1S/C14H15BrClN5/c1-10-2-3-17-14(19-10)21-6-4-20(5-7-21)13-12(15)8-11(16)9-18-13/h2-3,8-9H,4-7H2,1H3. The molecule has 0 aromatic carbocycles. The minimum Gasteiger partial charge on any atom is -0.352 e. The molecule has 3 heterocycles. The van der Waals surface area contributed by atoms with Crippen LogP contribution in [0.1, 0.15) is 5.69 Å². The molecule has 0 radical (unpaired) electrons. The Morgan fingerprint density at radius 2 is 1.86 bits per heavy atom. The number of anilines is 2. The molecule has 0 aliphatic carbocycles. The van der Waals surface area contributed by atoms with E-state index in [-0.39, 0.29) is 0 Å². The van der Waals surface area contributed by atoms with Crippen LogP contribution >= 0.6 is 27.5 Å². The molecule has 1 saturated heterocycles. The smallest absolute Gasteiger partial charge is 0.225 e. The van der Waals surface area contributed by atoms with Gasteiger partial charge in [-0.1, -0.05) is 11.6 Å². The third kappa shape index (κ3) is 3.27. The van der Waals surface area contributed by atoms with Crippen LogP contribution in [0.25, 0.3) is 0 Å². The molecule has 5 nitrogen and oxygen atoms in total. The summed E-state index contributed by atoms with van der Waals surface area (Å²) in [6.07, 6.45) is 3.49. The Morgan fingerprint density at radius 3 is 2.52 bits per heavy atom. The Hall–Kier alpha value is -1.40. The summed E-state index contributed by atoms with van der Waals surface area (Å²) in [4.78, 5) is 17.7. The third-order valence-corrected chi connectivity index (χ3v) is 4.22. The summed E-state index contributed by atoms with van der Waals surface area (Å²) in [5, 5.41) is 0.637. The molecule has 2 aromatic rings. The van der Waals surface area contributed by atoms with Crippen LogP contribution in [0.5, 0.6) is 0 Å². The second-order valence-corrected chi connectivity index (χ2v) is 6.22. The molecule has 1 fully saturated rings. The topological polar surface area (TPSA) is 45.2 Å². The van der Waals surface area contributed by atoms with Crippen LogP contribution in [0.3, 0.4) is 0 Å². The van der Waals surface area contributed by atoms with E-state index in [4.69, 9.17) is 11.6 Å². The van der Waals surface area contributed by atoms with E-state index in [0.29, 0.717) is 5.02 Å². The van der Waals surface area contributed by atoms with Crippen molar-refractivity contribution in [1.29, 1.82) is 0 Å². The van der Waals surface area contributed by atoms with Crippen molar-refractivity contribution in [3.63, 3.8) is 0 Å². The highest BCUT2D eigenvalue weighted by Gasteiger charge is 2.21. The molecule has 21 heavy (non-hydrogen) atoms. The largest absolute Gasteiger partial charge is 0.352 e. The van der Waals surface area contributed by atoms with Gasteiger partial charge in [-0.2, -0.15) is 0 Å². The van der Waals surface area contributed by atoms with Crippen molar-refractivity contribution in [2.45, 2.75) is 6.92 Å². The number of hydrogen-bond acceptors (Lipinski definition) is 5. The predicted molar refractivity (Wildman–Crippen MR) is 88.1 cm³/mol. The van der Waals surface area contributed by atoms with Crippen molar-refractivity contribution in [2.75, 3.05) is 36.0 Å². The van der Waals surface area contributed by atoms with Gasteiger partial charge in [0.1, 0.15) is 5.82 Å². The molecular formula is C14H15BrClN5. The molecular weight excluding hydrogens is 354 g/mol. The number of aromatic nitrogens is 3. The normalized spacial score (nSPS) is 15.4. The molecule has 0 atom stereocenters. The maximum Gasteiger partial charge on any atom is 0.225 e. The Morgan fingerprint density at radius 1 is 1.14 bits per heavy atom. The number of aryl methyl sites for hydroxylation is 1. The van der Waals surface area contributed by atoms with E-state index in [1.807, 2.05) is 19.1 Å². The van der Waals surface area contributed by atoms with E-state index in [9.17, 15) is 0 Å². The highest BCUT2D eigenvalue weighted by molar-refractivity contribution is 9.10. The molecule has 0 spiro atoms. The summed E-state index contributed by atoms with van der Waals surface area (Å²) in [5.41, 5.74) is 0.990. The maximum absolute atomic E-state index is 5.94. The average Bonchev–Trinajstić information content (AvgIpc) is 2.47. The highest BCUT2D eigenvalue weighted by atomic mass is 79.9. The van der Waals surface area contributed by atoms with E-state index < -0.39 is 0 Å². The fourth-order valence-electron chi connectivity index (χ4n) is 2.35. The number of nitrogens with zero attached hydrogens (tertiary/aromatic N) is 5. The number of pyridine rings is 1. The van der Waals surface area contributed by atoms with E-state index >= 15 is 0 Å². The van der Waals surface area contributed by atoms with Crippen molar-refractivity contribution < 1.29 is 0 Å². The second kappa shape index (κ2) is 6.15. The van der Waals surface area contributed by atoms with Gasteiger partial charge in [0.2, 0.25) is 5.95 Å². The van der Waals surface area contributed by atoms with Crippen LogP contribution in [0.15, 0.2) is 29.0 Å². The number of piperazine rings is 1. The van der Waals surface area contributed by atoms with E-state index in [2.05, 4.69) is 40.7 Å². The zero-order valence-electron chi connectivity index (χ0n) is 11.6. The molecule has 7 heteroatoms. The minimum atomic E-state index is 0.637. The monoisotopic (exact) mass is 367 g/mol. The molecule has 2 aromatic heterocycles. The van der Waals surface area contributed by atoms with Crippen LogP contribution in [0.4, 0.5) is 11.8 Å². The Bertz CT molecular complexity index is 643. The molecule has 0 bridgehead atoms. The van der Waals surface area contributed by atoms with Gasteiger partial charge in [0.05, 0.1) is 9.50 Å². The van der Waals surface area contributed by atoms with Crippen molar-refractivity contribution in [3.05, 3.63) is 39.7 Å². The zero-order valence-corrected chi connectivity index (χ0v) is 14.0. The van der Waals surface area contributed by atoms with E-state index in [1.165, 1.54) is 0 Å². The lowest BCUT2D eigenvalue weighted by Crippen LogP contribution is -2.47. The summed E-state index contributed by atoms with van der Waals surface area (Å²) in [5.74, 6) is 1.74. The predicted octanol–water partition coefficient (Wildman–Crippen LogP) is 2.92. The lowest BCUT2D eigenvalue weighted by Gasteiger charge is -2.35. The van der Waals surface area contributed by atoms with Gasteiger partial charge in [-0.25, -0.2) is 15.0 Å². The zero-order chi connectivity index (χ0) is 14.8. The average molecular weight is 369 g/mol. The van der Waals surface area contributed by atoms with Crippen LogP contribution in [-0.4, -0.2) is 41.1 Å². The van der Waals surface area contributed by atoms with Crippen LogP contribution in [0.2, 0.25) is 5.02 Å². The molecule has 1 aliphatic rings. The molecule has 0 N–H and O–H groups in total. The van der Waals surface area contributed by atoms with Crippen LogP contribution in [-0.2, 0) is 0 Å². The van der Waals surface area contributed by atoms with Crippen molar-refractivity contribution in [3.8, 4) is 0 Å². The quantitative estimate of drug-likeness (QED) is 0.815. The first kappa shape index (κ1) is 14.5. The van der Waals surface area contributed by atoms with Crippen LogP contribution in [0, 0.1) is 6.92 Å². The summed E-state index contributed by atoms with van der Waals surface area (Å²) < 4.78 is 0.926. The first-order chi connectivity index (χ1) is 10.1. The van der Waals surface area contributed by atoms with Gasteiger partial charge in [0.25, 0.3) is 0 Å². The van der Waals surface area contributed by atoms with Gasteiger partial charge in [0.15, 0.2) is 0 Å². The molecule has 0 saturated carbocycles. The van der Waals surface area contributed by atoms with Crippen LogP contribution < -0.4 is 9.80 Å². The van der Waals surface area contributed by atoms with Gasteiger partial charge in [-0.05, 0) is 35.0 Å². The van der Waals surface area contributed by atoms with Crippen molar-refractivity contribution in [1.82, 2.24) is 15.0 Å². The minimum absolute atomic E-state index is 0.637. The lowest BCUT2D eigenvalue weighted by atomic mass is 10.3. The summed E-state index contributed by atoms with van der Waals surface area (Å²) in [6.45, 7) is 5.49. The Labute approximate surface area is 137 Å². The number of hydrogen-bond donors (Lipinski definition) is 0. The van der Waals surface area contributed by atoms with Gasteiger partial charge in [-0.3, -0.25) is 0 Å². The van der Waals surface area contributed by atoms with Gasteiger partial charge in [-0.15, -0.1) is 0 Å². The molecule has 3 rings (SSSR count). The number of rotatable bonds is 2. The number of halogens is 2. The summed E-state index contributed by atoms with van der Waals surface area (Å²) in [6, 6.07) is 3.79. The molecule has 110 valence electrons.